The van der Waals surface area contributed by atoms with Crippen molar-refractivity contribution in [2.75, 3.05) is 7.11 Å². The van der Waals surface area contributed by atoms with Crippen LogP contribution in [0.25, 0.3) is 10.1 Å². The molecule has 30 heavy (non-hydrogen) atoms. The summed E-state index contributed by atoms with van der Waals surface area (Å²) in [6.07, 6.45) is 1.74. The fraction of sp³-hybridized carbons (Fsp3) is 0.0833. The van der Waals surface area contributed by atoms with Gasteiger partial charge in [-0.3, -0.25) is 4.99 Å². The number of methoxy groups -OCH3 is 1. The summed E-state index contributed by atoms with van der Waals surface area (Å²) in [5.41, 5.74) is 2.86. The Labute approximate surface area is 183 Å². The molecule has 0 N–H and O–H groups in total. The van der Waals surface area contributed by atoms with Gasteiger partial charge in [-0.1, -0.05) is 47.5 Å². The molecule has 0 saturated heterocycles. The van der Waals surface area contributed by atoms with Crippen LogP contribution in [-0.4, -0.2) is 19.3 Å². The Hall–Kier alpha value is -3.15. The van der Waals surface area contributed by atoms with Gasteiger partial charge in [0.1, 0.15) is 4.88 Å². The summed E-state index contributed by atoms with van der Waals surface area (Å²) in [6.45, 7) is 2.03. The SMILES string of the molecule is COc1cc(C=Nc2ccc(C)cc2)ccc1OC(=O)c1sc2ccccc2c1Cl. The first-order valence-electron chi connectivity index (χ1n) is 9.23. The van der Waals surface area contributed by atoms with Crippen LogP contribution in [0.5, 0.6) is 11.5 Å². The Morgan fingerprint density at radius 2 is 1.80 bits per heavy atom. The summed E-state index contributed by atoms with van der Waals surface area (Å²) in [4.78, 5) is 17.5. The zero-order valence-corrected chi connectivity index (χ0v) is 18.0. The minimum Gasteiger partial charge on any atom is -0.493 e. The first kappa shape index (κ1) is 20.1. The van der Waals surface area contributed by atoms with Crippen LogP contribution < -0.4 is 9.47 Å². The van der Waals surface area contributed by atoms with E-state index >= 15 is 0 Å². The number of hydrogen-bond acceptors (Lipinski definition) is 5. The molecule has 0 aliphatic rings. The van der Waals surface area contributed by atoms with Crippen molar-refractivity contribution in [2.45, 2.75) is 6.92 Å². The number of rotatable bonds is 5. The maximum Gasteiger partial charge on any atom is 0.355 e. The van der Waals surface area contributed by atoms with Crippen LogP contribution in [0.1, 0.15) is 20.8 Å². The Balaban J connectivity index is 1.56. The van der Waals surface area contributed by atoms with Crippen LogP contribution in [0.2, 0.25) is 5.02 Å². The molecule has 0 saturated carbocycles. The molecule has 0 unspecified atom stereocenters. The largest absolute Gasteiger partial charge is 0.493 e. The molecule has 0 atom stereocenters. The highest BCUT2D eigenvalue weighted by molar-refractivity contribution is 7.21. The van der Waals surface area contributed by atoms with E-state index in [4.69, 9.17) is 21.1 Å². The zero-order valence-electron chi connectivity index (χ0n) is 16.4. The Kier molecular flexibility index (Phi) is 5.84. The van der Waals surface area contributed by atoms with E-state index in [0.717, 1.165) is 21.3 Å². The van der Waals surface area contributed by atoms with Gasteiger partial charge >= 0.3 is 5.97 Å². The number of hydrogen-bond donors (Lipinski definition) is 0. The minimum atomic E-state index is -0.513. The number of halogens is 1. The maximum absolute atomic E-state index is 12.7. The lowest BCUT2D eigenvalue weighted by Crippen LogP contribution is -2.08. The summed E-state index contributed by atoms with van der Waals surface area (Å²) in [5.74, 6) is 0.248. The average molecular weight is 436 g/mol. The first-order valence-corrected chi connectivity index (χ1v) is 10.4. The van der Waals surface area contributed by atoms with Crippen molar-refractivity contribution in [1.82, 2.24) is 0 Å². The lowest BCUT2D eigenvalue weighted by molar-refractivity contribution is 0.0735. The molecule has 0 bridgehead atoms. The molecule has 0 spiro atoms. The summed E-state index contributed by atoms with van der Waals surface area (Å²) < 4.78 is 11.9. The molecule has 0 fully saturated rings. The second-order valence-corrected chi connectivity index (χ2v) is 8.07. The highest BCUT2D eigenvalue weighted by Crippen LogP contribution is 2.37. The molecule has 1 aromatic heterocycles. The van der Waals surface area contributed by atoms with Crippen LogP contribution >= 0.6 is 22.9 Å². The van der Waals surface area contributed by atoms with E-state index in [1.807, 2.05) is 61.5 Å². The van der Waals surface area contributed by atoms with Gasteiger partial charge < -0.3 is 9.47 Å². The lowest BCUT2D eigenvalue weighted by Gasteiger charge is -2.09. The number of thiophene rings is 1. The number of aryl methyl sites for hydroxylation is 1. The van der Waals surface area contributed by atoms with Crippen molar-refractivity contribution in [3.63, 3.8) is 0 Å². The zero-order chi connectivity index (χ0) is 21.1. The van der Waals surface area contributed by atoms with Gasteiger partial charge in [-0.25, -0.2) is 4.79 Å². The molecule has 4 nitrogen and oxygen atoms in total. The molecule has 3 aromatic carbocycles. The predicted molar refractivity (Wildman–Crippen MR) is 123 cm³/mol. The summed E-state index contributed by atoms with van der Waals surface area (Å²) in [6, 6.07) is 20.8. The molecule has 0 aliphatic heterocycles. The van der Waals surface area contributed by atoms with Crippen LogP contribution in [0.15, 0.2) is 71.7 Å². The summed E-state index contributed by atoms with van der Waals surface area (Å²) in [7, 11) is 1.53. The van der Waals surface area contributed by atoms with Gasteiger partial charge in [0, 0.05) is 16.3 Å². The van der Waals surface area contributed by atoms with E-state index in [0.29, 0.717) is 21.4 Å². The van der Waals surface area contributed by atoms with Gasteiger partial charge in [0.2, 0.25) is 0 Å². The van der Waals surface area contributed by atoms with Gasteiger partial charge in [-0.2, -0.15) is 0 Å². The van der Waals surface area contributed by atoms with E-state index in [9.17, 15) is 4.79 Å². The maximum atomic E-state index is 12.7. The predicted octanol–water partition coefficient (Wildman–Crippen LogP) is 6.84. The highest BCUT2D eigenvalue weighted by Gasteiger charge is 2.20. The van der Waals surface area contributed by atoms with Crippen LogP contribution in [0.4, 0.5) is 5.69 Å². The normalized spacial score (nSPS) is 11.2. The number of aliphatic imine (C=N–C) groups is 1. The van der Waals surface area contributed by atoms with Gasteiger partial charge in [-0.05, 0) is 48.9 Å². The van der Waals surface area contributed by atoms with E-state index in [1.165, 1.54) is 24.0 Å². The van der Waals surface area contributed by atoms with Gasteiger partial charge in [-0.15, -0.1) is 11.3 Å². The average Bonchev–Trinajstić information content (AvgIpc) is 3.11. The van der Waals surface area contributed by atoms with E-state index in [2.05, 4.69) is 4.99 Å². The molecule has 1 heterocycles. The molecule has 6 heteroatoms. The minimum absolute atomic E-state index is 0.323. The van der Waals surface area contributed by atoms with Crippen LogP contribution in [0, 0.1) is 6.92 Å². The Morgan fingerprint density at radius 3 is 2.53 bits per heavy atom. The van der Waals surface area contributed by atoms with E-state index in [-0.39, 0.29) is 0 Å². The standard InChI is InChI=1S/C24H18ClNO3S/c1-15-7-10-17(11-8-15)26-14-16-9-12-19(20(13-16)28-2)29-24(27)23-22(25)18-5-3-4-6-21(18)30-23/h3-14H,1-2H3. The van der Waals surface area contributed by atoms with Crippen LogP contribution in [0.3, 0.4) is 0 Å². The molecule has 4 aromatic rings. The number of carbonyl (C=O) groups is 1. The van der Waals surface area contributed by atoms with Crippen molar-refractivity contribution in [3.8, 4) is 11.5 Å². The monoisotopic (exact) mass is 435 g/mol. The molecular formula is C24H18ClNO3S. The second-order valence-electron chi connectivity index (χ2n) is 6.63. The van der Waals surface area contributed by atoms with Crippen molar-refractivity contribution < 1.29 is 14.3 Å². The molecule has 0 radical (unpaired) electrons. The molecule has 0 amide bonds. The van der Waals surface area contributed by atoms with Gasteiger partial charge in [0.05, 0.1) is 17.8 Å². The lowest BCUT2D eigenvalue weighted by atomic mass is 10.2. The summed E-state index contributed by atoms with van der Waals surface area (Å²) in [5, 5.41) is 1.24. The number of fused-ring (bicyclic) bond motifs is 1. The Morgan fingerprint density at radius 1 is 1.03 bits per heavy atom. The third-order valence-electron chi connectivity index (χ3n) is 4.51. The van der Waals surface area contributed by atoms with Crippen molar-refractivity contribution in [2.24, 2.45) is 4.99 Å². The summed E-state index contributed by atoms with van der Waals surface area (Å²) >= 11 is 7.69. The number of carbonyl (C=O) groups excluding carboxylic acids is 1. The second kappa shape index (κ2) is 8.69. The fourth-order valence-electron chi connectivity index (χ4n) is 2.92. The smallest absolute Gasteiger partial charge is 0.355 e. The molecule has 0 aliphatic carbocycles. The molecular weight excluding hydrogens is 418 g/mol. The van der Waals surface area contributed by atoms with Crippen molar-refractivity contribution >= 4 is 50.9 Å². The van der Waals surface area contributed by atoms with E-state index in [1.54, 1.807) is 18.3 Å². The Bertz CT molecular complexity index is 1250. The van der Waals surface area contributed by atoms with Gasteiger partial charge in [0.15, 0.2) is 11.5 Å². The topological polar surface area (TPSA) is 47.9 Å². The van der Waals surface area contributed by atoms with E-state index < -0.39 is 5.97 Å². The quantitative estimate of drug-likeness (QED) is 0.196. The molecule has 150 valence electrons. The van der Waals surface area contributed by atoms with Crippen molar-refractivity contribution in [3.05, 3.63) is 87.8 Å². The van der Waals surface area contributed by atoms with Gasteiger partial charge in [0.25, 0.3) is 0 Å². The third kappa shape index (κ3) is 4.22. The number of esters is 1. The van der Waals surface area contributed by atoms with Crippen molar-refractivity contribution in [1.29, 1.82) is 0 Å². The fourth-order valence-corrected chi connectivity index (χ4v) is 4.31. The first-order chi connectivity index (χ1) is 14.5. The number of ether oxygens (including phenoxy) is 2. The number of benzene rings is 3. The number of nitrogens with zero attached hydrogens (tertiary/aromatic N) is 1. The highest BCUT2D eigenvalue weighted by atomic mass is 35.5. The third-order valence-corrected chi connectivity index (χ3v) is 6.16. The molecule has 4 rings (SSSR count). The van der Waals surface area contributed by atoms with Crippen LogP contribution in [-0.2, 0) is 0 Å².